The summed E-state index contributed by atoms with van der Waals surface area (Å²) in [6, 6.07) is 5.93. The summed E-state index contributed by atoms with van der Waals surface area (Å²) in [6.07, 6.45) is 3.98. The lowest BCUT2D eigenvalue weighted by Crippen LogP contribution is -2.27. The first-order valence-corrected chi connectivity index (χ1v) is 6.85. The van der Waals surface area contributed by atoms with Gasteiger partial charge in [0, 0.05) is 11.0 Å². The van der Waals surface area contributed by atoms with Gasteiger partial charge in [-0.15, -0.1) is 0 Å². The third kappa shape index (κ3) is 2.92. The molecular weight excluding hydrogens is 238 g/mol. The molecule has 1 fully saturated rings. The average Bonchev–Trinajstić information content (AvgIpc) is 2.47. The van der Waals surface area contributed by atoms with E-state index in [1.807, 2.05) is 32.0 Å². The maximum Gasteiger partial charge on any atom is 0.150 e. The largest absolute Gasteiger partial charge is 0.317 e. The first-order chi connectivity index (χ1) is 9.08. The van der Waals surface area contributed by atoms with Crippen molar-refractivity contribution in [2.75, 3.05) is 13.1 Å². The summed E-state index contributed by atoms with van der Waals surface area (Å²) in [5, 5.41) is 3.35. The predicted molar refractivity (Wildman–Crippen MR) is 75.8 cm³/mol. The second-order valence-electron chi connectivity index (χ2n) is 5.83. The van der Waals surface area contributed by atoms with Crippen LogP contribution in [-0.4, -0.2) is 25.7 Å². The summed E-state index contributed by atoms with van der Waals surface area (Å²) >= 11 is 0. The molecule has 1 saturated heterocycles. The molecule has 1 aromatic rings. The summed E-state index contributed by atoms with van der Waals surface area (Å²) < 4.78 is 0. The number of carbonyl (C=O) groups excluding carboxylic acids is 2. The number of carbonyl (C=O) groups is 2. The lowest BCUT2D eigenvalue weighted by Gasteiger charge is -2.26. The highest BCUT2D eigenvalue weighted by Gasteiger charge is 2.25. The van der Waals surface area contributed by atoms with Crippen LogP contribution >= 0.6 is 0 Å². The zero-order chi connectivity index (χ0) is 13.9. The normalized spacial score (nSPS) is 17.2. The standard InChI is InChI=1S/C16H21NO2/c1-16(2,11-19)15-9-13(3-4-14(15)10-18)12-5-7-17-8-6-12/h3-4,9-12,17H,5-8H2,1-2H3. The maximum atomic E-state index is 11.3. The summed E-state index contributed by atoms with van der Waals surface area (Å²) in [5.74, 6) is 0.531. The van der Waals surface area contributed by atoms with Crippen LogP contribution in [0.4, 0.5) is 0 Å². The van der Waals surface area contributed by atoms with Gasteiger partial charge in [0.15, 0.2) is 0 Å². The molecule has 0 aromatic heterocycles. The fourth-order valence-electron chi connectivity index (χ4n) is 2.71. The molecule has 2 rings (SSSR count). The quantitative estimate of drug-likeness (QED) is 0.845. The summed E-state index contributed by atoms with van der Waals surface area (Å²) in [6.45, 7) is 5.78. The van der Waals surface area contributed by atoms with Gasteiger partial charge in [-0.25, -0.2) is 0 Å². The molecule has 19 heavy (non-hydrogen) atoms. The van der Waals surface area contributed by atoms with Gasteiger partial charge in [-0.05, 0) is 56.8 Å². The first-order valence-electron chi connectivity index (χ1n) is 6.85. The molecule has 0 bridgehead atoms. The topological polar surface area (TPSA) is 46.2 Å². The van der Waals surface area contributed by atoms with Crippen molar-refractivity contribution in [1.82, 2.24) is 5.32 Å². The van der Waals surface area contributed by atoms with Crippen LogP contribution in [0.2, 0.25) is 0 Å². The number of aldehydes is 2. The van der Waals surface area contributed by atoms with Gasteiger partial charge in [0.25, 0.3) is 0 Å². The molecule has 1 aliphatic rings. The van der Waals surface area contributed by atoms with E-state index in [-0.39, 0.29) is 0 Å². The smallest absolute Gasteiger partial charge is 0.150 e. The minimum atomic E-state index is -0.612. The highest BCUT2D eigenvalue weighted by molar-refractivity contribution is 5.82. The molecule has 0 saturated carbocycles. The SMILES string of the molecule is CC(C)(C=O)c1cc(C2CCNCC2)ccc1C=O. The molecule has 1 aliphatic heterocycles. The molecule has 1 N–H and O–H groups in total. The number of nitrogens with one attached hydrogen (secondary N) is 1. The van der Waals surface area contributed by atoms with E-state index in [4.69, 9.17) is 0 Å². The second kappa shape index (κ2) is 5.66. The van der Waals surface area contributed by atoms with Crippen molar-refractivity contribution in [2.24, 2.45) is 0 Å². The van der Waals surface area contributed by atoms with E-state index < -0.39 is 5.41 Å². The van der Waals surface area contributed by atoms with Crippen LogP contribution < -0.4 is 5.32 Å². The monoisotopic (exact) mass is 259 g/mol. The lowest BCUT2D eigenvalue weighted by molar-refractivity contribution is -0.111. The molecule has 0 amide bonds. The second-order valence-corrected chi connectivity index (χ2v) is 5.83. The minimum absolute atomic E-state index is 0.531. The summed E-state index contributed by atoms with van der Waals surface area (Å²) in [5.41, 5.74) is 2.10. The van der Waals surface area contributed by atoms with Crippen LogP contribution in [0.1, 0.15) is 54.1 Å². The number of benzene rings is 1. The average molecular weight is 259 g/mol. The van der Waals surface area contributed by atoms with Crippen LogP contribution in [0.15, 0.2) is 18.2 Å². The van der Waals surface area contributed by atoms with E-state index in [2.05, 4.69) is 5.32 Å². The van der Waals surface area contributed by atoms with Gasteiger partial charge in [0.1, 0.15) is 12.6 Å². The highest BCUT2D eigenvalue weighted by atomic mass is 16.1. The van der Waals surface area contributed by atoms with Gasteiger partial charge in [-0.3, -0.25) is 4.79 Å². The van der Waals surface area contributed by atoms with E-state index in [9.17, 15) is 9.59 Å². The van der Waals surface area contributed by atoms with Crippen LogP contribution in [0.5, 0.6) is 0 Å². The Balaban J connectivity index is 2.40. The van der Waals surface area contributed by atoms with Crippen molar-refractivity contribution in [1.29, 1.82) is 0 Å². The molecule has 0 aliphatic carbocycles. The fourth-order valence-corrected chi connectivity index (χ4v) is 2.71. The van der Waals surface area contributed by atoms with E-state index >= 15 is 0 Å². The molecule has 0 unspecified atom stereocenters. The van der Waals surface area contributed by atoms with Gasteiger partial charge in [-0.2, -0.15) is 0 Å². The Kier molecular flexibility index (Phi) is 4.15. The van der Waals surface area contributed by atoms with Gasteiger partial charge >= 0.3 is 0 Å². The number of hydrogen-bond donors (Lipinski definition) is 1. The Morgan fingerprint density at radius 1 is 1.21 bits per heavy atom. The highest BCUT2D eigenvalue weighted by Crippen LogP contribution is 2.31. The van der Waals surface area contributed by atoms with Crippen LogP contribution in [0.3, 0.4) is 0 Å². The van der Waals surface area contributed by atoms with E-state index in [1.165, 1.54) is 5.56 Å². The van der Waals surface area contributed by atoms with E-state index in [0.717, 1.165) is 44.1 Å². The molecular formula is C16H21NO2. The van der Waals surface area contributed by atoms with Crippen LogP contribution in [0, 0.1) is 0 Å². The number of hydrogen-bond acceptors (Lipinski definition) is 3. The van der Waals surface area contributed by atoms with E-state index in [1.54, 1.807) is 0 Å². The van der Waals surface area contributed by atoms with Crippen molar-refractivity contribution in [3.05, 3.63) is 34.9 Å². The van der Waals surface area contributed by atoms with Crippen LogP contribution in [-0.2, 0) is 10.2 Å². The van der Waals surface area contributed by atoms with Gasteiger partial charge in [0.05, 0.1) is 0 Å². The Hall–Kier alpha value is -1.48. The van der Waals surface area contributed by atoms with Gasteiger partial charge in [-0.1, -0.05) is 18.2 Å². The molecule has 1 aromatic carbocycles. The Morgan fingerprint density at radius 3 is 2.47 bits per heavy atom. The third-order valence-corrected chi connectivity index (χ3v) is 4.00. The van der Waals surface area contributed by atoms with Crippen molar-refractivity contribution >= 4 is 12.6 Å². The molecule has 0 spiro atoms. The van der Waals surface area contributed by atoms with Gasteiger partial charge in [0.2, 0.25) is 0 Å². The van der Waals surface area contributed by atoms with Crippen molar-refractivity contribution in [2.45, 2.75) is 38.0 Å². The molecule has 0 atom stereocenters. The van der Waals surface area contributed by atoms with Crippen molar-refractivity contribution < 1.29 is 9.59 Å². The molecule has 1 heterocycles. The zero-order valence-electron chi connectivity index (χ0n) is 11.6. The Labute approximate surface area is 114 Å². The van der Waals surface area contributed by atoms with Crippen molar-refractivity contribution in [3.8, 4) is 0 Å². The van der Waals surface area contributed by atoms with Crippen LogP contribution in [0.25, 0.3) is 0 Å². The molecule has 0 radical (unpaired) electrons. The first kappa shape index (κ1) is 13.9. The minimum Gasteiger partial charge on any atom is -0.317 e. The van der Waals surface area contributed by atoms with Crippen molar-refractivity contribution in [3.63, 3.8) is 0 Å². The predicted octanol–water partition coefficient (Wildman–Crippen LogP) is 2.44. The zero-order valence-corrected chi connectivity index (χ0v) is 11.6. The number of rotatable bonds is 4. The van der Waals surface area contributed by atoms with Gasteiger partial charge < -0.3 is 10.1 Å². The maximum absolute atomic E-state index is 11.3. The third-order valence-electron chi connectivity index (χ3n) is 4.00. The van der Waals surface area contributed by atoms with E-state index in [0.29, 0.717) is 11.5 Å². The number of piperidine rings is 1. The molecule has 102 valence electrons. The lowest BCUT2D eigenvalue weighted by atomic mass is 9.80. The summed E-state index contributed by atoms with van der Waals surface area (Å²) in [7, 11) is 0. The Morgan fingerprint density at radius 2 is 1.89 bits per heavy atom. The fraction of sp³-hybridized carbons (Fsp3) is 0.500. The molecule has 3 heteroatoms. The summed E-state index contributed by atoms with van der Waals surface area (Å²) in [4.78, 5) is 22.4. The molecule has 3 nitrogen and oxygen atoms in total. The Bertz CT molecular complexity index is 474.